The first-order valence-electron chi connectivity index (χ1n) is 13.5. The molecule has 0 fully saturated rings. The molecule has 194 valence electrons. The Morgan fingerprint density at radius 2 is 1.64 bits per heavy atom. The second-order valence-electron chi connectivity index (χ2n) is 10.0. The second-order valence-corrected chi connectivity index (χ2v) is 10.0. The number of fused-ring (bicyclic) bond motifs is 2. The molecule has 1 aliphatic rings. The average Bonchev–Trinajstić information content (AvgIpc) is 3.41. The number of furan rings is 1. The number of carbonyl (C=O) groups excluding carboxylic acids is 2. The first-order valence-corrected chi connectivity index (χ1v) is 13.5. The highest BCUT2D eigenvalue weighted by Crippen LogP contribution is 2.32. The van der Waals surface area contributed by atoms with E-state index in [2.05, 4.69) is 5.32 Å². The third-order valence-corrected chi connectivity index (χ3v) is 7.54. The van der Waals surface area contributed by atoms with E-state index in [-0.39, 0.29) is 17.7 Å². The first kappa shape index (κ1) is 24.7. The van der Waals surface area contributed by atoms with Crippen molar-refractivity contribution in [1.29, 1.82) is 0 Å². The van der Waals surface area contributed by atoms with E-state index in [1.54, 1.807) is 0 Å². The van der Waals surface area contributed by atoms with Gasteiger partial charge < -0.3 is 14.6 Å². The molecule has 5 nitrogen and oxygen atoms in total. The van der Waals surface area contributed by atoms with Crippen LogP contribution in [0.2, 0.25) is 0 Å². The summed E-state index contributed by atoms with van der Waals surface area (Å²) in [6.07, 6.45) is 1.41. The fourth-order valence-electron chi connectivity index (χ4n) is 5.44. The van der Waals surface area contributed by atoms with Crippen LogP contribution in [0.4, 0.5) is 5.69 Å². The lowest BCUT2D eigenvalue weighted by atomic mass is 9.95. The van der Waals surface area contributed by atoms with E-state index in [1.807, 2.05) is 115 Å². The number of amides is 2. The van der Waals surface area contributed by atoms with Gasteiger partial charge in [0.15, 0.2) is 0 Å². The molecule has 1 aliphatic heterocycles. The number of carbonyl (C=O) groups is 2. The molecule has 5 aromatic rings. The molecule has 0 spiro atoms. The molecule has 39 heavy (non-hydrogen) atoms. The number of nitrogens with zero attached hydrogens (tertiary/aromatic N) is 1. The minimum atomic E-state index is -0.192. The number of hydrogen-bond donors (Lipinski definition) is 1. The van der Waals surface area contributed by atoms with Crippen LogP contribution in [-0.4, -0.2) is 23.3 Å². The highest BCUT2D eigenvalue weighted by Gasteiger charge is 2.26. The highest BCUT2D eigenvalue weighted by molar-refractivity contribution is 6.07. The predicted molar refractivity (Wildman–Crippen MR) is 155 cm³/mol. The number of benzene rings is 4. The summed E-state index contributed by atoms with van der Waals surface area (Å²) in [6.45, 7) is 3.16. The molecule has 0 radical (unpaired) electrons. The first-order chi connectivity index (χ1) is 19.1. The van der Waals surface area contributed by atoms with Gasteiger partial charge in [0.25, 0.3) is 5.91 Å². The largest absolute Gasteiger partial charge is 0.461 e. The molecule has 1 atom stereocenters. The van der Waals surface area contributed by atoms with Crippen molar-refractivity contribution in [2.24, 2.45) is 0 Å². The molecule has 5 heteroatoms. The number of hydrogen-bond acceptors (Lipinski definition) is 3. The topological polar surface area (TPSA) is 62.6 Å². The molecule has 0 aliphatic carbocycles. The van der Waals surface area contributed by atoms with Crippen molar-refractivity contribution in [3.8, 4) is 11.3 Å². The van der Waals surface area contributed by atoms with E-state index in [4.69, 9.17) is 4.42 Å². The van der Waals surface area contributed by atoms with Crippen LogP contribution in [0, 0.1) is 0 Å². The van der Waals surface area contributed by atoms with Gasteiger partial charge >= 0.3 is 0 Å². The zero-order valence-corrected chi connectivity index (χ0v) is 21.9. The highest BCUT2D eigenvalue weighted by atomic mass is 16.3. The summed E-state index contributed by atoms with van der Waals surface area (Å²) in [5.41, 5.74) is 4.47. The molecule has 0 unspecified atom stereocenters. The number of rotatable bonds is 6. The molecule has 1 N–H and O–H groups in total. The lowest BCUT2D eigenvalue weighted by Gasteiger charge is -2.26. The molecule has 0 saturated heterocycles. The van der Waals surface area contributed by atoms with Gasteiger partial charge in [0.05, 0.1) is 5.92 Å². The molecule has 0 saturated carbocycles. The van der Waals surface area contributed by atoms with Crippen LogP contribution < -0.4 is 5.32 Å². The molecular formula is C34H30N2O3. The van der Waals surface area contributed by atoms with Gasteiger partial charge in [-0.05, 0) is 59.2 Å². The normalized spacial score (nSPS) is 13.6. The summed E-state index contributed by atoms with van der Waals surface area (Å²) in [6, 6.07) is 33.5. The maximum absolute atomic E-state index is 13.4. The third-order valence-electron chi connectivity index (χ3n) is 7.54. The fraction of sp³-hybridized carbons (Fsp3) is 0.176. The average molecular weight is 515 g/mol. The van der Waals surface area contributed by atoms with Crippen LogP contribution in [0.5, 0.6) is 0 Å². The lowest BCUT2D eigenvalue weighted by molar-refractivity contribution is -0.117. The van der Waals surface area contributed by atoms with Crippen LogP contribution in [0.25, 0.3) is 22.1 Å². The summed E-state index contributed by atoms with van der Waals surface area (Å²) in [4.78, 5) is 28.3. The summed E-state index contributed by atoms with van der Waals surface area (Å²) >= 11 is 0. The van der Waals surface area contributed by atoms with Gasteiger partial charge in [0, 0.05) is 41.9 Å². The molecule has 1 aromatic heterocycles. The van der Waals surface area contributed by atoms with Crippen molar-refractivity contribution in [2.75, 3.05) is 11.9 Å². The van der Waals surface area contributed by atoms with Gasteiger partial charge in [-0.2, -0.15) is 0 Å². The Bertz CT molecular complexity index is 1630. The minimum Gasteiger partial charge on any atom is -0.461 e. The quantitative estimate of drug-likeness (QED) is 0.256. The van der Waals surface area contributed by atoms with Crippen molar-refractivity contribution in [3.63, 3.8) is 0 Å². The lowest BCUT2D eigenvalue weighted by Crippen LogP contribution is -2.35. The molecule has 0 bridgehead atoms. The van der Waals surface area contributed by atoms with Gasteiger partial charge in [-0.15, -0.1) is 0 Å². The van der Waals surface area contributed by atoms with E-state index in [0.29, 0.717) is 19.5 Å². The van der Waals surface area contributed by atoms with E-state index < -0.39 is 0 Å². The Labute approximate surface area is 228 Å². The van der Waals surface area contributed by atoms with Crippen LogP contribution in [0.15, 0.2) is 108 Å². The summed E-state index contributed by atoms with van der Waals surface area (Å²) in [5, 5.41) is 5.09. The SMILES string of the molecule is CC[C@H](C(=O)Nc1ccc(-c2cc3c(o2)CCN(C(=O)c2cccc4ccccc24)C3)cc1)c1ccccc1. The summed E-state index contributed by atoms with van der Waals surface area (Å²) < 4.78 is 6.21. The minimum absolute atomic E-state index is 0.0131. The van der Waals surface area contributed by atoms with E-state index in [0.717, 1.165) is 56.7 Å². The fourth-order valence-corrected chi connectivity index (χ4v) is 5.44. The van der Waals surface area contributed by atoms with Crippen molar-refractivity contribution in [1.82, 2.24) is 4.90 Å². The molecule has 4 aromatic carbocycles. The summed E-state index contributed by atoms with van der Waals surface area (Å²) in [7, 11) is 0. The molecule has 2 amide bonds. The molecular weight excluding hydrogens is 484 g/mol. The van der Waals surface area contributed by atoms with Crippen LogP contribution in [0.1, 0.15) is 46.5 Å². The van der Waals surface area contributed by atoms with Gasteiger partial charge in [0.1, 0.15) is 11.5 Å². The Balaban J connectivity index is 1.15. The smallest absolute Gasteiger partial charge is 0.254 e. The van der Waals surface area contributed by atoms with Crippen LogP contribution in [0.3, 0.4) is 0 Å². The summed E-state index contributed by atoms with van der Waals surface area (Å²) in [5.74, 6) is 1.54. The number of anilines is 1. The van der Waals surface area contributed by atoms with Crippen molar-refractivity contribution in [2.45, 2.75) is 32.2 Å². The Hall–Kier alpha value is -4.64. The standard InChI is InChI=1S/C34H30N2O3/c1-2-28(23-9-4-3-5-10-23)33(37)35-27-17-15-25(16-18-27)32-21-26-22-36(20-19-31(26)39-32)34(38)30-14-8-12-24-11-6-7-13-29(24)30/h3-18,21,28H,2,19-20,22H2,1H3,(H,35,37)/t28-/m0/s1. The van der Waals surface area contributed by atoms with Gasteiger partial charge in [-0.3, -0.25) is 9.59 Å². The number of nitrogens with one attached hydrogen (secondary N) is 1. The van der Waals surface area contributed by atoms with Crippen LogP contribution in [-0.2, 0) is 17.8 Å². The second kappa shape index (κ2) is 10.6. The zero-order chi connectivity index (χ0) is 26.8. The zero-order valence-electron chi connectivity index (χ0n) is 21.9. The van der Waals surface area contributed by atoms with Crippen LogP contribution >= 0.6 is 0 Å². The Morgan fingerprint density at radius 3 is 2.44 bits per heavy atom. The van der Waals surface area contributed by atoms with Gasteiger partial charge in [0.2, 0.25) is 5.91 Å². The maximum Gasteiger partial charge on any atom is 0.254 e. The van der Waals surface area contributed by atoms with E-state index >= 15 is 0 Å². The predicted octanol–water partition coefficient (Wildman–Crippen LogP) is 7.43. The Morgan fingerprint density at radius 1 is 0.897 bits per heavy atom. The van der Waals surface area contributed by atoms with Gasteiger partial charge in [-0.25, -0.2) is 0 Å². The van der Waals surface area contributed by atoms with Crippen molar-refractivity contribution < 1.29 is 14.0 Å². The third kappa shape index (κ3) is 4.96. The van der Waals surface area contributed by atoms with E-state index in [1.165, 1.54) is 0 Å². The molecule has 6 rings (SSSR count). The van der Waals surface area contributed by atoms with Crippen molar-refractivity contribution >= 4 is 28.3 Å². The maximum atomic E-state index is 13.4. The van der Waals surface area contributed by atoms with E-state index in [9.17, 15) is 9.59 Å². The van der Waals surface area contributed by atoms with Gasteiger partial charge in [-0.1, -0.05) is 73.7 Å². The Kier molecular flexibility index (Phi) is 6.72. The molecule has 2 heterocycles. The van der Waals surface area contributed by atoms with Crippen molar-refractivity contribution in [3.05, 3.63) is 126 Å². The monoisotopic (exact) mass is 514 g/mol.